The first-order valence-electron chi connectivity index (χ1n) is 10.7. The summed E-state index contributed by atoms with van der Waals surface area (Å²) in [6, 6.07) is 11.6. The molecule has 7 nitrogen and oxygen atoms in total. The number of ether oxygens (including phenoxy) is 2. The number of benzene rings is 2. The molecule has 7 heteroatoms. The van der Waals surface area contributed by atoms with Crippen LogP contribution < -0.4 is 31.6 Å². The summed E-state index contributed by atoms with van der Waals surface area (Å²) in [5, 5.41) is 6.92. The summed E-state index contributed by atoms with van der Waals surface area (Å²) in [7, 11) is 5.55. The largest absolute Gasteiger partial charge is 0.495 e. The van der Waals surface area contributed by atoms with Crippen molar-refractivity contribution < 1.29 is 14.0 Å². The van der Waals surface area contributed by atoms with E-state index in [2.05, 4.69) is 24.3 Å². The van der Waals surface area contributed by atoms with Crippen LogP contribution in [-0.4, -0.2) is 58.5 Å². The summed E-state index contributed by atoms with van der Waals surface area (Å²) in [6.07, 6.45) is 4.12. The van der Waals surface area contributed by atoms with Crippen molar-refractivity contribution in [3.05, 3.63) is 56.5 Å². The van der Waals surface area contributed by atoms with Gasteiger partial charge in [0.05, 0.1) is 52.3 Å². The van der Waals surface area contributed by atoms with Gasteiger partial charge in [0.25, 0.3) is 0 Å². The Morgan fingerprint density at radius 2 is 1.31 bits per heavy atom. The van der Waals surface area contributed by atoms with Gasteiger partial charge in [0.15, 0.2) is 0 Å². The molecule has 6 N–H and O–H groups in total. The molecule has 0 heterocycles. The van der Waals surface area contributed by atoms with Gasteiger partial charge in [-0.15, -0.1) is 0 Å². The maximum absolute atomic E-state index is 5.88. The molecule has 0 saturated heterocycles. The minimum atomic E-state index is 0. The van der Waals surface area contributed by atoms with Gasteiger partial charge in [-0.3, -0.25) is 0 Å². The predicted molar refractivity (Wildman–Crippen MR) is 138 cm³/mol. The Labute approximate surface area is 194 Å². The topological polar surface area (TPSA) is 94.6 Å². The number of nitrogens with zero attached hydrogens (tertiary/aromatic N) is 1. The number of quaternary nitrogens is 1. The summed E-state index contributed by atoms with van der Waals surface area (Å²) >= 11 is 0. The van der Waals surface area contributed by atoms with Crippen molar-refractivity contribution in [2.45, 2.75) is 12.8 Å². The minimum absolute atomic E-state index is 0. The van der Waals surface area contributed by atoms with Crippen molar-refractivity contribution in [3.63, 3.8) is 0 Å². The molecule has 0 radical (unpaired) electrons. The van der Waals surface area contributed by atoms with Crippen LogP contribution in [0.3, 0.4) is 0 Å². The van der Waals surface area contributed by atoms with Crippen molar-refractivity contribution in [3.8, 4) is 11.5 Å². The molecule has 0 aliphatic heterocycles. The Balaban J connectivity index is 0.00000512. The second kappa shape index (κ2) is 13.4. The van der Waals surface area contributed by atoms with Crippen LogP contribution in [0.2, 0.25) is 0 Å². The van der Waals surface area contributed by atoms with Gasteiger partial charge in [-0.2, -0.15) is 0 Å². The van der Waals surface area contributed by atoms with E-state index in [1.54, 1.807) is 14.2 Å². The molecule has 0 saturated carbocycles. The number of methoxy groups -OCH3 is 2. The van der Waals surface area contributed by atoms with Crippen molar-refractivity contribution in [2.75, 3.05) is 76.1 Å². The SMILES string of the molecule is C=CC[N+](C)(CCCNc1ccc(N)c(OC)c1)CCCNc1ccc(N)c(OC)c1.[CH3-]. The monoisotopic (exact) mass is 443 g/mol. The van der Waals surface area contributed by atoms with Crippen LogP contribution in [0, 0.1) is 7.43 Å². The molecule has 0 aliphatic carbocycles. The number of hydrogen-bond donors (Lipinski definition) is 4. The third-order valence-corrected chi connectivity index (χ3v) is 5.44. The number of likely N-dealkylation sites (N-methyl/N-ethyl adjacent to an activating group) is 1. The first-order chi connectivity index (χ1) is 14.9. The Bertz CT molecular complexity index is 780. The maximum atomic E-state index is 5.88. The highest BCUT2D eigenvalue weighted by Gasteiger charge is 2.19. The zero-order valence-corrected chi connectivity index (χ0v) is 20.1. The van der Waals surface area contributed by atoms with Crippen molar-refractivity contribution in [1.82, 2.24) is 0 Å². The quantitative estimate of drug-likeness (QED) is 0.115. The molecule has 0 bridgehead atoms. The summed E-state index contributed by atoms with van der Waals surface area (Å²) in [5.41, 5.74) is 15.1. The fourth-order valence-electron chi connectivity index (χ4n) is 3.64. The summed E-state index contributed by atoms with van der Waals surface area (Å²) in [5.74, 6) is 1.40. The van der Waals surface area contributed by atoms with Gasteiger partial charge in [0.1, 0.15) is 11.5 Å². The zero-order chi connectivity index (χ0) is 22.7. The van der Waals surface area contributed by atoms with Gasteiger partial charge in [-0.05, 0) is 30.3 Å². The predicted octanol–water partition coefficient (Wildman–Crippen LogP) is 4.26. The number of nitrogens with two attached hydrogens (primary N) is 2. The second-order valence-electron chi connectivity index (χ2n) is 8.01. The lowest BCUT2D eigenvalue weighted by molar-refractivity contribution is -0.904. The van der Waals surface area contributed by atoms with Gasteiger partial charge < -0.3 is 43.5 Å². The van der Waals surface area contributed by atoms with Crippen LogP contribution in [0.1, 0.15) is 12.8 Å². The molecule has 0 spiro atoms. The maximum Gasteiger partial charge on any atom is 0.143 e. The molecular weight excluding hydrogens is 402 g/mol. The zero-order valence-electron chi connectivity index (χ0n) is 20.1. The minimum Gasteiger partial charge on any atom is -0.495 e. The standard InChI is InChI=1S/C24H38N5O2.CH3/c1-5-14-29(2,15-6-12-27-19-8-10-21(25)23(17-19)30-3)16-7-13-28-20-9-11-22(26)24(18-20)31-4;/h5,8-11,17-18,27-28H,1,6-7,12-16,25-26H2,2-4H3;1H3/q+1;-1. The molecule has 0 unspecified atom stereocenters. The highest BCUT2D eigenvalue weighted by molar-refractivity contribution is 5.62. The number of anilines is 4. The van der Waals surface area contributed by atoms with Crippen molar-refractivity contribution >= 4 is 22.7 Å². The summed E-state index contributed by atoms with van der Waals surface area (Å²) < 4.78 is 11.5. The molecule has 2 aromatic carbocycles. The average Bonchev–Trinajstić information content (AvgIpc) is 2.76. The van der Waals surface area contributed by atoms with Crippen LogP contribution in [0.5, 0.6) is 11.5 Å². The molecular formula is C25H41N5O2. The average molecular weight is 444 g/mol. The Morgan fingerprint density at radius 3 is 1.69 bits per heavy atom. The lowest BCUT2D eigenvalue weighted by Crippen LogP contribution is -2.46. The molecule has 2 rings (SSSR count). The molecule has 0 aliphatic rings. The fourth-order valence-corrected chi connectivity index (χ4v) is 3.64. The molecule has 2 aromatic rings. The first kappa shape index (κ1) is 27.0. The Kier molecular flexibility index (Phi) is 11.3. The molecule has 32 heavy (non-hydrogen) atoms. The van der Waals surface area contributed by atoms with Gasteiger partial charge in [0, 0.05) is 49.4 Å². The van der Waals surface area contributed by atoms with E-state index in [1.807, 2.05) is 42.5 Å². The molecule has 0 atom stereocenters. The summed E-state index contributed by atoms with van der Waals surface area (Å²) in [6.45, 7) is 8.82. The third kappa shape index (κ3) is 8.23. The molecule has 0 aromatic heterocycles. The molecule has 0 fully saturated rings. The summed E-state index contributed by atoms with van der Waals surface area (Å²) in [4.78, 5) is 0. The smallest absolute Gasteiger partial charge is 0.143 e. The first-order valence-corrected chi connectivity index (χ1v) is 10.7. The van der Waals surface area contributed by atoms with E-state index in [1.165, 1.54) is 0 Å². The second-order valence-corrected chi connectivity index (χ2v) is 8.01. The van der Waals surface area contributed by atoms with Crippen molar-refractivity contribution in [2.24, 2.45) is 0 Å². The highest BCUT2D eigenvalue weighted by Crippen LogP contribution is 2.26. The van der Waals surface area contributed by atoms with Crippen molar-refractivity contribution in [1.29, 1.82) is 0 Å². The van der Waals surface area contributed by atoms with E-state index in [4.69, 9.17) is 20.9 Å². The van der Waals surface area contributed by atoms with E-state index in [-0.39, 0.29) is 7.43 Å². The number of hydrogen-bond acceptors (Lipinski definition) is 6. The Morgan fingerprint density at radius 1 is 0.875 bits per heavy atom. The van der Waals surface area contributed by atoms with Gasteiger partial charge in [-0.25, -0.2) is 0 Å². The van der Waals surface area contributed by atoms with Crippen LogP contribution in [0.25, 0.3) is 0 Å². The van der Waals surface area contributed by atoms with Crippen LogP contribution in [0.4, 0.5) is 22.7 Å². The van der Waals surface area contributed by atoms with Crippen LogP contribution in [-0.2, 0) is 0 Å². The number of nitrogen functional groups attached to an aromatic ring is 2. The molecule has 178 valence electrons. The van der Waals surface area contributed by atoms with Crippen LogP contribution >= 0.6 is 0 Å². The van der Waals surface area contributed by atoms with E-state index in [9.17, 15) is 0 Å². The van der Waals surface area contributed by atoms with Gasteiger partial charge in [0.2, 0.25) is 0 Å². The lowest BCUT2D eigenvalue weighted by Gasteiger charge is -2.34. The normalized spacial score (nSPS) is 10.7. The van der Waals surface area contributed by atoms with E-state index in [0.29, 0.717) is 22.9 Å². The number of nitrogens with one attached hydrogen (secondary N) is 2. The lowest BCUT2D eigenvalue weighted by atomic mass is 10.2. The van der Waals surface area contributed by atoms with E-state index < -0.39 is 0 Å². The highest BCUT2D eigenvalue weighted by atomic mass is 16.5. The van der Waals surface area contributed by atoms with Gasteiger partial charge >= 0.3 is 0 Å². The van der Waals surface area contributed by atoms with E-state index >= 15 is 0 Å². The number of rotatable bonds is 14. The van der Waals surface area contributed by atoms with Crippen LogP contribution in [0.15, 0.2) is 49.1 Å². The fraction of sp³-hybridized carbons (Fsp3) is 0.400. The molecule has 0 amide bonds. The Hall–Kier alpha value is -3.06. The third-order valence-electron chi connectivity index (χ3n) is 5.44. The van der Waals surface area contributed by atoms with Gasteiger partial charge in [-0.1, -0.05) is 6.58 Å². The van der Waals surface area contributed by atoms with E-state index in [0.717, 1.165) is 61.4 Å².